The highest BCUT2D eigenvalue weighted by Gasteiger charge is 2.39. The van der Waals surface area contributed by atoms with Crippen molar-refractivity contribution < 1.29 is 0 Å². The summed E-state index contributed by atoms with van der Waals surface area (Å²) in [6, 6.07) is 7.66. The van der Waals surface area contributed by atoms with Crippen molar-refractivity contribution in [1.29, 1.82) is 0 Å². The lowest BCUT2D eigenvalue weighted by atomic mass is 10.2. The van der Waals surface area contributed by atoms with Crippen LogP contribution in [-0.2, 0) is 6.16 Å². The maximum atomic E-state index is 2.66. The highest BCUT2D eigenvalue weighted by Crippen LogP contribution is 2.63. The van der Waals surface area contributed by atoms with Crippen LogP contribution in [0.25, 0.3) is 0 Å². The van der Waals surface area contributed by atoms with Gasteiger partial charge >= 0.3 is 0 Å². The molecular formula is C26H50P2Si. The molecule has 0 unspecified atom stereocenters. The van der Waals surface area contributed by atoms with Gasteiger partial charge in [-0.15, -0.1) is 0 Å². The van der Waals surface area contributed by atoms with Gasteiger partial charge < -0.3 is 0 Å². The normalized spacial score (nSPS) is 14.8. The van der Waals surface area contributed by atoms with Gasteiger partial charge in [0, 0.05) is 0 Å². The van der Waals surface area contributed by atoms with Crippen LogP contribution in [-0.4, -0.2) is 28.7 Å². The summed E-state index contributed by atoms with van der Waals surface area (Å²) in [5, 5.41) is 4.62. The molecule has 0 aliphatic heterocycles. The summed E-state index contributed by atoms with van der Waals surface area (Å²) in [4.78, 5) is 0. The van der Waals surface area contributed by atoms with Crippen LogP contribution in [0, 0.1) is 0 Å². The SMILES string of the molecule is CC(C)(C)P(Cc1ccc([Si](C)(C)C)cc1P(C(C)(C)C)C(C)(C)C)C(C)(C)C. The average Bonchev–Trinajstić information content (AvgIpc) is 2.38. The lowest BCUT2D eigenvalue weighted by Gasteiger charge is -2.45. The minimum absolute atomic E-state index is 0.148. The summed E-state index contributed by atoms with van der Waals surface area (Å²) in [6.45, 7) is 37.0. The summed E-state index contributed by atoms with van der Waals surface area (Å²) < 4.78 is 0. The third kappa shape index (κ3) is 7.44. The van der Waals surface area contributed by atoms with E-state index in [2.05, 4.69) is 121 Å². The van der Waals surface area contributed by atoms with Crippen molar-refractivity contribution in [3.05, 3.63) is 23.8 Å². The Labute approximate surface area is 187 Å². The number of hydrogen-bond donors (Lipinski definition) is 0. The zero-order chi connectivity index (χ0) is 23.2. The Balaban J connectivity index is 3.76. The minimum atomic E-state index is -1.35. The second kappa shape index (κ2) is 8.68. The molecule has 0 fully saturated rings. The first-order valence-electron chi connectivity index (χ1n) is 11.3. The van der Waals surface area contributed by atoms with Gasteiger partial charge in [-0.05, 0) is 37.7 Å². The summed E-state index contributed by atoms with van der Waals surface area (Å²) in [5.41, 5.74) is 1.64. The molecule has 168 valence electrons. The Kier molecular flexibility index (Phi) is 8.18. The van der Waals surface area contributed by atoms with E-state index < -0.39 is 8.07 Å². The molecule has 0 amide bonds. The van der Waals surface area contributed by atoms with Crippen LogP contribution in [0.4, 0.5) is 0 Å². The van der Waals surface area contributed by atoms with Crippen LogP contribution in [0.1, 0.15) is 88.6 Å². The smallest absolute Gasteiger partial charge is 0.0776 e. The maximum absolute atomic E-state index is 2.66. The van der Waals surface area contributed by atoms with Gasteiger partial charge in [-0.25, -0.2) is 0 Å². The fraction of sp³-hybridized carbons (Fsp3) is 0.769. The predicted molar refractivity (Wildman–Crippen MR) is 146 cm³/mol. The third-order valence-electron chi connectivity index (χ3n) is 5.48. The molecule has 0 atom stereocenters. The number of rotatable bonds is 4. The van der Waals surface area contributed by atoms with Crippen LogP contribution in [0.5, 0.6) is 0 Å². The molecule has 0 radical (unpaired) electrons. The largest absolute Gasteiger partial charge is 0.0911 e. The molecule has 0 bridgehead atoms. The second-order valence-corrected chi connectivity index (χ2v) is 26.5. The van der Waals surface area contributed by atoms with E-state index in [9.17, 15) is 0 Å². The van der Waals surface area contributed by atoms with Gasteiger partial charge in [0.1, 0.15) is 0 Å². The summed E-state index contributed by atoms with van der Waals surface area (Å²) >= 11 is 0. The lowest BCUT2D eigenvalue weighted by Crippen LogP contribution is -2.41. The third-order valence-corrected chi connectivity index (χ3v) is 15.0. The maximum Gasteiger partial charge on any atom is 0.0776 e. The van der Waals surface area contributed by atoms with Gasteiger partial charge in [-0.2, -0.15) is 0 Å². The highest BCUT2D eigenvalue weighted by molar-refractivity contribution is 7.68. The van der Waals surface area contributed by atoms with E-state index in [-0.39, 0.29) is 15.8 Å². The topological polar surface area (TPSA) is 0 Å². The molecule has 29 heavy (non-hydrogen) atoms. The molecule has 0 N–H and O–H groups in total. The predicted octanol–water partition coefficient (Wildman–Crippen LogP) is 8.51. The zero-order valence-corrected chi connectivity index (χ0v) is 25.1. The monoisotopic (exact) mass is 452 g/mol. The van der Waals surface area contributed by atoms with Gasteiger partial charge in [0.25, 0.3) is 0 Å². The van der Waals surface area contributed by atoms with Crippen LogP contribution >= 0.6 is 15.8 Å². The van der Waals surface area contributed by atoms with Crippen molar-refractivity contribution in [1.82, 2.24) is 0 Å². The van der Waals surface area contributed by atoms with E-state index in [4.69, 9.17) is 0 Å². The minimum Gasteiger partial charge on any atom is -0.0911 e. The fourth-order valence-corrected chi connectivity index (χ4v) is 13.9. The molecule has 0 nitrogen and oxygen atoms in total. The van der Waals surface area contributed by atoms with Gasteiger partial charge in [0.15, 0.2) is 0 Å². The molecular weight excluding hydrogens is 402 g/mol. The molecule has 0 saturated heterocycles. The van der Waals surface area contributed by atoms with Crippen molar-refractivity contribution in [3.8, 4) is 0 Å². The molecule has 1 aromatic carbocycles. The van der Waals surface area contributed by atoms with Gasteiger partial charge in [0.05, 0.1) is 8.07 Å². The first-order chi connectivity index (χ1) is 12.6. The van der Waals surface area contributed by atoms with Crippen molar-refractivity contribution in [2.24, 2.45) is 0 Å². The molecule has 0 heterocycles. The van der Waals surface area contributed by atoms with E-state index in [1.165, 1.54) is 6.16 Å². The Bertz CT molecular complexity index is 658. The van der Waals surface area contributed by atoms with Gasteiger partial charge in [0.2, 0.25) is 0 Å². The van der Waals surface area contributed by atoms with Crippen LogP contribution in [0.2, 0.25) is 19.6 Å². The quantitative estimate of drug-likeness (QED) is 0.317. The van der Waals surface area contributed by atoms with E-state index >= 15 is 0 Å². The molecule has 1 rings (SSSR count). The molecule has 0 aromatic heterocycles. The standard InChI is InChI=1S/C26H50P2Si/c1-23(2,3)27(24(4,5)6)19-20-16-17-21(29(13,14)15)18-22(20)28(25(7,8)9)26(10,11)12/h16-18H,19H2,1-15H3. The summed E-state index contributed by atoms with van der Waals surface area (Å²) in [6.07, 6.45) is 1.24. The molecule has 0 aliphatic carbocycles. The molecule has 3 heteroatoms. The Morgan fingerprint density at radius 1 is 0.655 bits per heavy atom. The fourth-order valence-electron chi connectivity index (χ4n) is 4.75. The number of benzene rings is 1. The highest BCUT2D eigenvalue weighted by atomic mass is 31.1. The average molecular weight is 453 g/mol. The van der Waals surface area contributed by atoms with Crippen molar-refractivity contribution >= 4 is 34.4 Å². The van der Waals surface area contributed by atoms with Gasteiger partial charge in [-0.1, -0.05) is 142 Å². The first-order valence-corrected chi connectivity index (χ1v) is 17.6. The van der Waals surface area contributed by atoms with Gasteiger partial charge in [-0.3, -0.25) is 0 Å². The summed E-state index contributed by atoms with van der Waals surface area (Å²) in [7, 11) is -1.79. The Morgan fingerprint density at radius 3 is 1.38 bits per heavy atom. The van der Waals surface area contributed by atoms with Crippen molar-refractivity contribution in [2.75, 3.05) is 0 Å². The molecule has 0 saturated carbocycles. The molecule has 0 spiro atoms. The van der Waals surface area contributed by atoms with Crippen LogP contribution in [0.15, 0.2) is 18.2 Å². The second-order valence-electron chi connectivity index (χ2n) is 13.7. The van der Waals surface area contributed by atoms with E-state index in [0.717, 1.165) is 0 Å². The first kappa shape index (κ1) is 27.3. The van der Waals surface area contributed by atoms with E-state index in [1.54, 1.807) is 16.1 Å². The van der Waals surface area contributed by atoms with E-state index in [1.807, 2.05) is 0 Å². The summed E-state index contributed by atoms with van der Waals surface area (Å²) in [5.74, 6) is 0. The van der Waals surface area contributed by atoms with E-state index in [0.29, 0.717) is 20.6 Å². The Hall–Kier alpha value is 0.297. The van der Waals surface area contributed by atoms with Crippen LogP contribution in [0.3, 0.4) is 0 Å². The van der Waals surface area contributed by atoms with Crippen molar-refractivity contribution in [3.63, 3.8) is 0 Å². The molecule has 0 aliphatic rings. The lowest BCUT2D eigenvalue weighted by molar-refractivity contribution is 0.702. The Morgan fingerprint density at radius 2 is 1.07 bits per heavy atom. The molecule has 1 aromatic rings. The number of hydrogen-bond acceptors (Lipinski definition) is 0. The van der Waals surface area contributed by atoms with Crippen molar-refractivity contribution in [2.45, 2.75) is 130 Å². The van der Waals surface area contributed by atoms with Crippen LogP contribution < -0.4 is 10.5 Å². The zero-order valence-electron chi connectivity index (χ0n) is 22.3.